The number of sulfone groups is 1. The van der Waals surface area contributed by atoms with Gasteiger partial charge in [-0.2, -0.15) is 0 Å². The molecule has 0 N–H and O–H groups in total. The molecule has 0 saturated heterocycles. The average Bonchev–Trinajstić information content (AvgIpc) is 3.39. The molecular weight excluding hydrogens is 544 g/mol. The van der Waals surface area contributed by atoms with Crippen LogP contribution in [0.2, 0.25) is 0 Å². The van der Waals surface area contributed by atoms with Crippen molar-refractivity contribution in [2.24, 2.45) is 0 Å². The monoisotopic (exact) mass is 574 g/mol. The van der Waals surface area contributed by atoms with E-state index in [4.69, 9.17) is 14.2 Å². The summed E-state index contributed by atoms with van der Waals surface area (Å²) in [4.78, 5) is 13.1. The normalized spacial score (nSPS) is 13.2. The number of hydrogen-bond donors (Lipinski definition) is 0. The molecule has 2 atom stereocenters. The number of aromatic nitrogens is 6. The van der Waals surface area contributed by atoms with Crippen LogP contribution in [0.5, 0.6) is 11.5 Å². The number of methoxy groups -OCH3 is 3. The number of nitrogens with zero attached hydrogens (tertiary/aromatic N) is 6. The number of para-hydroxylation sites is 2. The third-order valence-corrected chi connectivity index (χ3v) is 8.92. The predicted octanol–water partition coefficient (Wildman–Crippen LogP) is 4.29. The molecular formula is C29H30N6O5S. The number of hydrogen-bond acceptors (Lipinski definition) is 10. The van der Waals surface area contributed by atoms with Crippen LogP contribution in [0.3, 0.4) is 0 Å². The van der Waals surface area contributed by atoms with Gasteiger partial charge in [0.25, 0.3) is 0 Å². The lowest BCUT2D eigenvalue weighted by atomic mass is 10.1. The summed E-state index contributed by atoms with van der Waals surface area (Å²) in [7, 11) is 0.623. The van der Waals surface area contributed by atoms with E-state index in [0.29, 0.717) is 23.0 Å². The highest BCUT2D eigenvalue weighted by atomic mass is 32.2. The molecule has 0 aliphatic heterocycles. The Morgan fingerprint density at radius 3 is 2.22 bits per heavy atom. The first-order chi connectivity index (χ1) is 19.8. The van der Waals surface area contributed by atoms with Gasteiger partial charge in [0.15, 0.2) is 27.3 Å². The molecule has 0 amide bonds. The van der Waals surface area contributed by atoms with E-state index < -0.39 is 26.9 Å². The van der Waals surface area contributed by atoms with Gasteiger partial charge in [-0.05, 0) is 43.7 Å². The van der Waals surface area contributed by atoms with Crippen LogP contribution < -0.4 is 9.47 Å². The van der Waals surface area contributed by atoms with Crippen LogP contribution in [0.4, 0.5) is 0 Å². The summed E-state index contributed by atoms with van der Waals surface area (Å²) in [6.07, 6.45) is 4.05. The number of rotatable bonds is 10. The molecule has 5 rings (SSSR count). The van der Waals surface area contributed by atoms with Crippen molar-refractivity contribution in [1.82, 2.24) is 29.7 Å². The van der Waals surface area contributed by atoms with Gasteiger partial charge in [-0.1, -0.05) is 24.3 Å². The van der Waals surface area contributed by atoms with E-state index >= 15 is 0 Å². The van der Waals surface area contributed by atoms with Gasteiger partial charge in [0.2, 0.25) is 0 Å². The fourth-order valence-electron chi connectivity index (χ4n) is 4.72. The van der Waals surface area contributed by atoms with Crippen molar-refractivity contribution in [2.75, 3.05) is 21.3 Å². The third-order valence-electron chi connectivity index (χ3n) is 6.88. The van der Waals surface area contributed by atoms with E-state index in [2.05, 4.69) is 25.1 Å². The lowest BCUT2D eigenvalue weighted by molar-refractivity contribution is 0.0947. The predicted molar refractivity (Wildman–Crippen MR) is 154 cm³/mol. The van der Waals surface area contributed by atoms with Crippen molar-refractivity contribution < 1.29 is 22.6 Å². The smallest absolute Gasteiger partial charge is 0.169 e. The minimum atomic E-state index is -3.89. The highest BCUT2D eigenvalue weighted by Gasteiger charge is 2.35. The highest BCUT2D eigenvalue weighted by Crippen LogP contribution is 2.38. The molecule has 0 aliphatic rings. The van der Waals surface area contributed by atoms with Gasteiger partial charge >= 0.3 is 0 Å². The SMILES string of the molecule is COc1cccc(OC)c1-n1c(CS(=O)(=O)[C@@H](C)[C@H](OC)c2ncc(C)cn2)nnc1-c1ccnc2ccccc12. The summed E-state index contributed by atoms with van der Waals surface area (Å²) in [5.74, 6) is 1.34. The van der Waals surface area contributed by atoms with Crippen LogP contribution in [0.25, 0.3) is 28.0 Å². The van der Waals surface area contributed by atoms with E-state index in [1.54, 1.807) is 48.3 Å². The minimum Gasteiger partial charge on any atom is -0.494 e. The van der Waals surface area contributed by atoms with E-state index in [1.807, 2.05) is 37.3 Å². The highest BCUT2D eigenvalue weighted by molar-refractivity contribution is 7.91. The Bertz CT molecular complexity index is 1760. The van der Waals surface area contributed by atoms with Crippen molar-refractivity contribution in [3.05, 3.63) is 84.3 Å². The summed E-state index contributed by atoms with van der Waals surface area (Å²) in [6.45, 7) is 3.43. The van der Waals surface area contributed by atoms with E-state index in [9.17, 15) is 8.42 Å². The lowest BCUT2D eigenvalue weighted by Crippen LogP contribution is -2.30. The molecule has 5 aromatic rings. The molecule has 12 heteroatoms. The van der Waals surface area contributed by atoms with Gasteiger partial charge in [-0.3, -0.25) is 9.55 Å². The molecule has 0 bridgehead atoms. The first kappa shape index (κ1) is 28.1. The summed E-state index contributed by atoms with van der Waals surface area (Å²) in [5.41, 5.74) is 2.81. The van der Waals surface area contributed by atoms with Crippen molar-refractivity contribution in [2.45, 2.75) is 31.0 Å². The van der Waals surface area contributed by atoms with Crippen LogP contribution in [0, 0.1) is 6.92 Å². The van der Waals surface area contributed by atoms with Crippen molar-refractivity contribution in [1.29, 1.82) is 0 Å². The van der Waals surface area contributed by atoms with Crippen molar-refractivity contribution in [3.63, 3.8) is 0 Å². The molecule has 0 radical (unpaired) electrons. The maximum Gasteiger partial charge on any atom is 0.169 e. The molecule has 0 fully saturated rings. The minimum absolute atomic E-state index is 0.176. The van der Waals surface area contributed by atoms with Gasteiger partial charge in [-0.15, -0.1) is 10.2 Å². The Kier molecular flexibility index (Phi) is 7.95. The Morgan fingerprint density at radius 2 is 1.56 bits per heavy atom. The van der Waals surface area contributed by atoms with Crippen molar-refractivity contribution >= 4 is 20.7 Å². The molecule has 212 valence electrons. The fraction of sp³-hybridized carbons (Fsp3) is 0.276. The van der Waals surface area contributed by atoms with E-state index in [-0.39, 0.29) is 11.6 Å². The maximum atomic E-state index is 13.9. The van der Waals surface area contributed by atoms with E-state index in [0.717, 1.165) is 22.0 Å². The first-order valence-electron chi connectivity index (χ1n) is 12.8. The quantitative estimate of drug-likeness (QED) is 0.238. The Labute approximate surface area is 238 Å². The molecule has 3 heterocycles. The molecule has 2 aromatic carbocycles. The van der Waals surface area contributed by atoms with Crippen LogP contribution in [-0.4, -0.2) is 64.7 Å². The molecule has 0 unspecified atom stereocenters. The van der Waals surface area contributed by atoms with E-state index in [1.165, 1.54) is 21.3 Å². The second kappa shape index (κ2) is 11.6. The largest absolute Gasteiger partial charge is 0.494 e. The fourth-order valence-corrected chi connectivity index (χ4v) is 6.14. The summed E-state index contributed by atoms with van der Waals surface area (Å²) in [5, 5.41) is 8.72. The number of aryl methyl sites for hydroxylation is 1. The zero-order chi connectivity index (χ0) is 29.1. The molecule has 0 spiro atoms. The molecule has 41 heavy (non-hydrogen) atoms. The summed E-state index contributed by atoms with van der Waals surface area (Å²) < 4.78 is 46.4. The standard InChI is InChI=1S/C29H30N6O5S/c1-18-15-31-28(32-16-18)27(40-5)19(2)41(36,37)17-25-33-34-29(21-13-14-30-22-10-7-6-9-20(21)22)35(25)26-23(38-3)11-8-12-24(26)39-4/h6-16,19,27H,17H2,1-5H3/t19-,27-/m0/s1. The van der Waals surface area contributed by atoms with Gasteiger partial charge in [0.1, 0.15) is 29.0 Å². The molecule has 0 aliphatic carbocycles. The summed E-state index contributed by atoms with van der Waals surface area (Å²) >= 11 is 0. The van der Waals surface area contributed by atoms with Gasteiger partial charge in [0, 0.05) is 36.7 Å². The van der Waals surface area contributed by atoms with Gasteiger partial charge in [-0.25, -0.2) is 18.4 Å². The Morgan fingerprint density at radius 1 is 0.878 bits per heavy atom. The van der Waals surface area contributed by atoms with Gasteiger partial charge in [0.05, 0.1) is 25.0 Å². The zero-order valence-electron chi connectivity index (χ0n) is 23.3. The molecule has 11 nitrogen and oxygen atoms in total. The van der Waals surface area contributed by atoms with Crippen LogP contribution in [0.15, 0.2) is 67.1 Å². The topological polar surface area (TPSA) is 131 Å². The average molecular weight is 575 g/mol. The second-order valence-corrected chi connectivity index (χ2v) is 11.8. The van der Waals surface area contributed by atoms with Crippen molar-refractivity contribution in [3.8, 4) is 28.6 Å². The molecule has 0 saturated carbocycles. The number of ether oxygens (including phenoxy) is 3. The summed E-state index contributed by atoms with van der Waals surface area (Å²) in [6, 6.07) is 14.8. The second-order valence-electron chi connectivity index (χ2n) is 9.45. The first-order valence-corrected chi connectivity index (χ1v) is 14.5. The maximum absolute atomic E-state index is 13.9. The number of pyridine rings is 1. The van der Waals surface area contributed by atoms with Gasteiger partial charge < -0.3 is 14.2 Å². The lowest BCUT2D eigenvalue weighted by Gasteiger charge is -2.22. The Balaban J connectivity index is 1.68. The Hall–Kier alpha value is -4.42. The molecule has 3 aromatic heterocycles. The van der Waals surface area contributed by atoms with Crippen LogP contribution >= 0.6 is 0 Å². The third kappa shape index (κ3) is 5.35. The van der Waals surface area contributed by atoms with Crippen LogP contribution in [0.1, 0.15) is 30.2 Å². The van der Waals surface area contributed by atoms with Crippen LogP contribution in [-0.2, 0) is 20.3 Å². The zero-order valence-corrected chi connectivity index (χ0v) is 24.2. The number of benzene rings is 2. The number of fused-ring (bicyclic) bond motifs is 1.